The molecule has 0 fully saturated rings. The van der Waals surface area contributed by atoms with Crippen LogP contribution in [0.3, 0.4) is 0 Å². The minimum absolute atomic E-state index is 0.0814. The average molecular weight is 273 g/mol. The second-order valence-corrected chi connectivity index (χ2v) is 7.24. The summed E-state index contributed by atoms with van der Waals surface area (Å²) >= 11 is 0. The van der Waals surface area contributed by atoms with Crippen molar-refractivity contribution in [3.05, 3.63) is 0 Å². The summed E-state index contributed by atoms with van der Waals surface area (Å²) in [7, 11) is 0. The number of hydrogen-bond acceptors (Lipinski definition) is 4. The lowest BCUT2D eigenvalue weighted by Gasteiger charge is -2.35. The zero-order chi connectivity index (χ0) is 15.5. The van der Waals surface area contributed by atoms with Crippen LogP contribution in [0.5, 0.6) is 0 Å². The topological polar surface area (TPSA) is 61.6 Å². The Bertz CT molecular complexity index is 301. The van der Waals surface area contributed by atoms with Crippen LogP contribution in [0, 0.1) is 0 Å². The molecular weight excluding hydrogens is 242 g/mol. The van der Waals surface area contributed by atoms with Gasteiger partial charge in [-0.25, -0.2) is 0 Å². The van der Waals surface area contributed by atoms with E-state index >= 15 is 0 Å². The average Bonchev–Trinajstić information content (AvgIpc) is 2.11. The summed E-state index contributed by atoms with van der Waals surface area (Å²) in [6, 6.07) is -0.506. The Hall–Kier alpha value is -0.450. The third kappa shape index (κ3) is 7.65. The number of carbonyl (C=O) groups is 1. The monoisotopic (exact) mass is 273 g/mol. The molecule has 0 aromatic rings. The first-order chi connectivity index (χ1) is 8.27. The van der Waals surface area contributed by atoms with Crippen LogP contribution in [0.1, 0.15) is 61.8 Å². The van der Waals surface area contributed by atoms with Gasteiger partial charge in [-0.05, 0) is 61.8 Å². The number of rotatable bonds is 7. The smallest absolute Gasteiger partial charge is 0.180 e. The van der Waals surface area contributed by atoms with Crippen molar-refractivity contribution in [2.75, 3.05) is 6.61 Å². The quantitative estimate of drug-likeness (QED) is 0.774. The number of ketones is 1. The molecule has 0 amide bonds. The van der Waals surface area contributed by atoms with Crippen molar-refractivity contribution in [1.29, 1.82) is 0 Å². The summed E-state index contributed by atoms with van der Waals surface area (Å²) in [4.78, 5) is 11.9. The Kier molecular flexibility index (Phi) is 6.18. The molecule has 114 valence electrons. The largest absolute Gasteiger partial charge is 0.370 e. The molecule has 0 heterocycles. The maximum absolute atomic E-state index is 11.9. The van der Waals surface area contributed by atoms with E-state index in [9.17, 15) is 4.79 Å². The fourth-order valence-corrected chi connectivity index (χ4v) is 2.05. The second kappa shape index (κ2) is 6.33. The highest BCUT2D eigenvalue weighted by molar-refractivity contribution is 5.90. The van der Waals surface area contributed by atoms with Crippen molar-refractivity contribution in [1.82, 2.24) is 0 Å². The molecule has 4 nitrogen and oxygen atoms in total. The highest BCUT2D eigenvalue weighted by Gasteiger charge is 2.32. The normalized spacial score (nSPS) is 15.4. The second-order valence-electron chi connectivity index (χ2n) is 7.24. The van der Waals surface area contributed by atoms with Crippen molar-refractivity contribution in [2.45, 2.75) is 84.7 Å². The summed E-state index contributed by atoms with van der Waals surface area (Å²) in [5, 5.41) is 0. The lowest BCUT2D eigenvalue weighted by molar-refractivity contribution is -0.150. The Morgan fingerprint density at radius 2 is 1.58 bits per heavy atom. The van der Waals surface area contributed by atoms with Crippen LogP contribution >= 0.6 is 0 Å². The number of Topliss-reactive ketones (excluding diaryl/α,β-unsaturated/α-hetero) is 1. The Balaban J connectivity index is 4.33. The van der Waals surface area contributed by atoms with Gasteiger partial charge in [-0.3, -0.25) is 4.79 Å². The van der Waals surface area contributed by atoms with E-state index in [0.717, 1.165) is 6.42 Å². The summed E-state index contributed by atoms with van der Waals surface area (Å²) in [5.74, 6) is -0.0814. The van der Waals surface area contributed by atoms with Crippen LogP contribution in [0.2, 0.25) is 0 Å². The molecule has 19 heavy (non-hydrogen) atoms. The standard InChI is InChI=1S/C15H31NO3/c1-11(16)12(17)15(7,8)18-10-9-14(5,6)19-13(2,3)4/h11H,9-10,16H2,1-8H3. The number of nitrogens with two attached hydrogens (primary N) is 1. The lowest BCUT2D eigenvalue weighted by atomic mass is 9.98. The first kappa shape index (κ1) is 18.6. The van der Waals surface area contributed by atoms with Gasteiger partial charge in [-0.1, -0.05) is 0 Å². The van der Waals surface area contributed by atoms with E-state index < -0.39 is 11.6 Å². The van der Waals surface area contributed by atoms with Crippen molar-refractivity contribution < 1.29 is 14.3 Å². The van der Waals surface area contributed by atoms with Crippen LogP contribution in [0.4, 0.5) is 0 Å². The SMILES string of the molecule is CC(N)C(=O)C(C)(C)OCCC(C)(C)OC(C)(C)C. The van der Waals surface area contributed by atoms with Crippen molar-refractivity contribution >= 4 is 5.78 Å². The van der Waals surface area contributed by atoms with Gasteiger partial charge in [0.2, 0.25) is 0 Å². The molecule has 0 aliphatic heterocycles. The van der Waals surface area contributed by atoms with E-state index in [1.165, 1.54) is 0 Å². The van der Waals surface area contributed by atoms with Gasteiger partial charge in [0.05, 0.1) is 23.9 Å². The highest BCUT2D eigenvalue weighted by Crippen LogP contribution is 2.24. The molecule has 0 radical (unpaired) electrons. The van der Waals surface area contributed by atoms with Crippen LogP contribution in [0.25, 0.3) is 0 Å². The maximum atomic E-state index is 11.9. The molecule has 4 heteroatoms. The third-order valence-electron chi connectivity index (χ3n) is 2.76. The molecule has 0 bridgehead atoms. The van der Waals surface area contributed by atoms with Crippen molar-refractivity contribution in [3.8, 4) is 0 Å². The fraction of sp³-hybridized carbons (Fsp3) is 0.933. The number of hydrogen-bond donors (Lipinski definition) is 1. The molecule has 0 aliphatic rings. The zero-order valence-electron chi connectivity index (χ0n) is 13.8. The number of ether oxygens (including phenoxy) is 2. The maximum Gasteiger partial charge on any atom is 0.180 e. The van der Waals surface area contributed by atoms with E-state index in [4.69, 9.17) is 15.2 Å². The molecule has 0 aromatic heterocycles. The molecule has 0 aromatic carbocycles. The summed E-state index contributed by atoms with van der Waals surface area (Å²) in [6.45, 7) is 15.8. The van der Waals surface area contributed by atoms with E-state index in [0.29, 0.717) is 6.61 Å². The summed E-state index contributed by atoms with van der Waals surface area (Å²) in [6.07, 6.45) is 0.722. The van der Waals surface area contributed by atoms with E-state index in [1.54, 1.807) is 20.8 Å². The van der Waals surface area contributed by atoms with Gasteiger partial charge in [0.25, 0.3) is 0 Å². The highest BCUT2D eigenvalue weighted by atomic mass is 16.5. The molecule has 1 atom stereocenters. The van der Waals surface area contributed by atoms with Crippen molar-refractivity contribution in [2.24, 2.45) is 5.73 Å². The third-order valence-corrected chi connectivity index (χ3v) is 2.76. The predicted octanol–water partition coefficient (Wildman–Crippen LogP) is 2.68. The molecule has 0 aliphatic carbocycles. The summed E-state index contributed by atoms with van der Waals surface area (Å²) < 4.78 is 11.7. The minimum atomic E-state index is -0.841. The van der Waals surface area contributed by atoms with Gasteiger partial charge in [-0.15, -0.1) is 0 Å². The molecule has 1 unspecified atom stereocenters. The van der Waals surface area contributed by atoms with Crippen LogP contribution in [-0.4, -0.2) is 35.2 Å². The molecule has 0 saturated carbocycles. The zero-order valence-corrected chi connectivity index (χ0v) is 13.8. The first-order valence-electron chi connectivity index (χ1n) is 6.91. The molecule has 0 rings (SSSR count). The molecule has 2 N–H and O–H groups in total. The van der Waals surface area contributed by atoms with Gasteiger partial charge in [0, 0.05) is 0 Å². The molecular formula is C15H31NO3. The van der Waals surface area contributed by atoms with Gasteiger partial charge in [-0.2, -0.15) is 0 Å². The Labute approximate surface area is 118 Å². The van der Waals surface area contributed by atoms with Crippen molar-refractivity contribution in [3.63, 3.8) is 0 Å². The van der Waals surface area contributed by atoms with Crippen LogP contribution in [-0.2, 0) is 14.3 Å². The summed E-state index contributed by atoms with van der Waals surface area (Å²) in [5.41, 5.74) is 4.29. The Morgan fingerprint density at radius 1 is 1.11 bits per heavy atom. The first-order valence-corrected chi connectivity index (χ1v) is 6.91. The van der Waals surface area contributed by atoms with Gasteiger partial charge in [0.1, 0.15) is 5.60 Å². The van der Waals surface area contributed by atoms with Crippen LogP contribution in [0.15, 0.2) is 0 Å². The van der Waals surface area contributed by atoms with E-state index in [-0.39, 0.29) is 17.0 Å². The number of carbonyl (C=O) groups excluding carboxylic acids is 1. The minimum Gasteiger partial charge on any atom is -0.370 e. The molecule has 0 spiro atoms. The Morgan fingerprint density at radius 3 is 1.95 bits per heavy atom. The van der Waals surface area contributed by atoms with Gasteiger partial charge < -0.3 is 15.2 Å². The van der Waals surface area contributed by atoms with Gasteiger partial charge in [0.15, 0.2) is 5.78 Å². The lowest BCUT2D eigenvalue weighted by Crippen LogP contribution is -2.45. The van der Waals surface area contributed by atoms with Gasteiger partial charge >= 0.3 is 0 Å². The van der Waals surface area contributed by atoms with E-state index in [2.05, 4.69) is 0 Å². The predicted molar refractivity (Wildman–Crippen MR) is 78.2 cm³/mol. The van der Waals surface area contributed by atoms with Crippen LogP contribution < -0.4 is 5.73 Å². The fourth-order valence-electron chi connectivity index (χ4n) is 2.05. The van der Waals surface area contributed by atoms with E-state index in [1.807, 2.05) is 34.6 Å². The molecule has 0 saturated heterocycles.